The second-order valence-corrected chi connectivity index (χ2v) is 6.06. The lowest BCUT2D eigenvalue weighted by Crippen LogP contribution is -2.39. The van der Waals surface area contributed by atoms with Crippen LogP contribution < -0.4 is 15.4 Å². The molecule has 140 valence electrons. The fourth-order valence-electron chi connectivity index (χ4n) is 2.45. The number of aliphatic imine (C=N–C) groups is 1. The smallest absolute Gasteiger partial charge is 0.191 e. The molecule has 6 heteroatoms. The number of rotatable bonds is 8. The Morgan fingerprint density at radius 3 is 2.81 bits per heavy atom. The molecule has 0 aliphatic heterocycles. The molecular formula is C20H27FN4O. The van der Waals surface area contributed by atoms with Gasteiger partial charge in [-0.2, -0.15) is 0 Å². The van der Waals surface area contributed by atoms with Crippen molar-refractivity contribution in [2.75, 3.05) is 19.6 Å². The molecular weight excluding hydrogens is 331 g/mol. The van der Waals surface area contributed by atoms with Crippen LogP contribution in [0.5, 0.6) is 5.75 Å². The van der Waals surface area contributed by atoms with Gasteiger partial charge in [0.05, 0.1) is 6.54 Å². The van der Waals surface area contributed by atoms with Crippen LogP contribution in [0.2, 0.25) is 0 Å². The summed E-state index contributed by atoms with van der Waals surface area (Å²) < 4.78 is 19.3. The van der Waals surface area contributed by atoms with Gasteiger partial charge in [-0.3, -0.25) is 4.98 Å². The van der Waals surface area contributed by atoms with Crippen LogP contribution in [0.3, 0.4) is 0 Å². The number of ether oxygens (including phenoxy) is 1. The van der Waals surface area contributed by atoms with E-state index in [2.05, 4.69) is 27.5 Å². The summed E-state index contributed by atoms with van der Waals surface area (Å²) in [4.78, 5) is 8.64. The summed E-state index contributed by atoms with van der Waals surface area (Å²) in [5.41, 5.74) is 2.45. The van der Waals surface area contributed by atoms with E-state index in [0.717, 1.165) is 25.5 Å². The summed E-state index contributed by atoms with van der Waals surface area (Å²) >= 11 is 0. The van der Waals surface area contributed by atoms with Crippen molar-refractivity contribution in [2.45, 2.75) is 33.3 Å². The predicted octanol–water partition coefficient (Wildman–Crippen LogP) is 3.09. The highest BCUT2D eigenvalue weighted by Gasteiger charge is 2.08. The molecule has 0 aliphatic rings. The monoisotopic (exact) mass is 358 g/mol. The molecule has 0 saturated carbocycles. The number of aromatic nitrogens is 1. The van der Waals surface area contributed by atoms with Crippen LogP contribution in [-0.4, -0.2) is 36.7 Å². The molecule has 0 saturated heterocycles. The van der Waals surface area contributed by atoms with Gasteiger partial charge in [-0.05, 0) is 56.5 Å². The molecule has 26 heavy (non-hydrogen) atoms. The molecule has 0 fully saturated rings. The van der Waals surface area contributed by atoms with Gasteiger partial charge in [0.15, 0.2) is 17.5 Å². The number of nitrogens with one attached hydrogen (secondary N) is 2. The molecule has 2 aromatic rings. The van der Waals surface area contributed by atoms with E-state index in [1.807, 2.05) is 32.3 Å². The lowest BCUT2D eigenvalue weighted by atomic mass is 10.1. The third-order valence-electron chi connectivity index (χ3n) is 3.84. The maximum absolute atomic E-state index is 13.6. The van der Waals surface area contributed by atoms with Crippen molar-refractivity contribution >= 4 is 5.96 Å². The zero-order chi connectivity index (χ0) is 18.8. The van der Waals surface area contributed by atoms with Crippen molar-refractivity contribution < 1.29 is 9.13 Å². The molecule has 2 rings (SSSR count). The van der Waals surface area contributed by atoms with E-state index in [0.29, 0.717) is 6.54 Å². The number of benzene rings is 1. The minimum absolute atomic E-state index is 0.232. The van der Waals surface area contributed by atoms with Crippen molar-refractivity contribution in [2.24, 2.45) is 4.99 Å². The Morgan fingerprint density at radius 1 is 1.27 bits per heavy atom. The number of hydrogen-bond donors (Lipinski definition) is 2. The molecule has 1 atom stereocenters. The molecule has 1 aromatic heterocycles. The average molecular weight is 358 g/mol. The second-order valence-electron chi connectivity index (χ2n) is 6.06. The van der Waals surface area contributed by atoms with Crippen LogP contribution in [-0.2, 0) is 6.42 Å². The van der Waals surface area contributed by atoms with Gasteiger partial charge < -0.3 is 15.4 Å². The molecule has 1 aromatic carbocycles. The van der Waals surface area contributed by atoms with Gasteiger partial charge in [0, 0.05) is 25.5 Å². The van der Waals surface area contributed by atoms with Gasteiger partial charge >= 0.3 is 0 Å². The lowest BCUT2D eigenvalue weighted by molar-refractivity contribution is 0.220. The second kappa shape index (κ2) is 10.4. The number of hydrogen-bond acceptors (Lipinski definition) is 3. The zero-order valence-electron chi connectivity index (χ0n) is 15.6. The molecule has 2 N–H and O–H groups in total. The Balaban J connectivity index is 1.85. The van der Waals surface area contributed by atoms with Crippen molar-refractivity contribution in [3.05, 3.63) is 59.7 Å². The van der Waals surface area contributed by atoms with E-state index >= 15 is 0 Å². The first-order chi connectivity index (χ1) is 12.6. The van der Waals surface area contributed by atoms with Crippen LogP contribution in [0.15, 0.2) is 47.7 Å². The number of pyridine rings is 1. The summed E-state index contributed by atoms with van der Waals surface area (Å²) in [6.07, 6.45) is 4.34. The van der Waals surface area contributed by atoms with Gasteiger partial charge in [-0.25, -0.2) is 9.38 Å². The minimum atomic E-state index is -0.360. The number of para-hydroxylation sites is 1. The van der Waals surface area contributed by atoms with E-state index in [1.165, 1.54) is 17.2 Å². The number of halogens is 1. The Hall–Kier alpha value is -2.63. The Morgan fingerprint density at radius 2 is 2.08 bits per heavy atom. The van der Waals surface area contributed by atoms with Crippen molar-refractivity contribution in [3.8, 4) is 5.75 Å². The van der Waals surface area contributed by atoms with E-state index < -0.39 is 0 Å². The number of nitrogens with zero attached hydrogens (tertiary/aromatic N) is 2. The highest BCUT2D eigenvalue weighted by molar-refractivity contribution is 5.79. The SMILES string of the molecule is CCNC(=NCC(C)Oc1ccccc1F)NCCc1ccncc1C. The maximum atomic E-state index is 13.6. The summed E-state index contributed by atoms with van der Waals surface area (Å²) in [5, 5.41) is 6.53. The van der Waals surface area contributed by atoms with Gasteiger partial charge in [-0.1, -0.05) is 12.1 Å². The average Bonchev–Trinajstić information content (AvgIpc) is 2.63. The van der Waals surface area contributed by atoms with Crippen molar-refractivity contribution in [3.63, 3.8) is 0 Å². The first kappa shape index (κ1) is 19.7. The van der Waals surface area contributed by atoms with Crippen molar-refractivity contribution in [1.82, 2.24) is 15.6 Å². The van der Waals surface area contributed by atoms with Crippen LogP contribution in [0.1, 0.15) is 25.0 Å². The largest absolute Gasteiger partial charge is 0.486 e. The molecule has 1 heterocycles. The minimum Gasteiger partial charge on any atom is -0.486 e. The van der Waals surface area contributed by atoms with E-state index in [1.54, 1.807) is 18.2 Å². The Kier molecular flexibility index (Phi) is 7.86. The summed E-state index contributed by atoms with van der Waals surface area (Å²) in [6.45, 7) is 7.91. The summed E-state index contributed by atoms with van der Waals surface area (Å²) in [7, 11) is 0. The van der Waals surface area contributed by atoms with E-state index in [-0.39, 0.29) is 17.7 Å². The predicted molar refractivity (Wildman–Crippen MR) is 103 cm³/mol. The first-order valence-corrected chi connectivity index (χ1v) is 8.93. The van der Waals surface area contributed by atoms with Gasteiger partial charge in [-0.15, -0.1) is 0 Å². The molecule has 5 nitrogen and oxygen atoms in total. The van der Waals surface area contributed by atoms with Crippen LogP contribution in [0, 0.1) is 12.7 Å². The fourth-order valence-corrected chi connectivity index (χ4v) is 2.45. The third kappa shape index (κ3) is 6.35. The highest BCUT2D eigenvalue weighted by atomic mass is 19.1. The molecule has 0 bridgehead atoms. The summed E-state index contributed by atoms with van der Waals surface area (Å²) in [6, 6.07) is 8.43. The quantitative estimate of drug-likeness (QED) is 0.562. The number of aryl methyl sites for hydroxylation is 1. The summed E-state index contributed by atoms with van der Waals surface area (Å²) in [5.74, 6) is 0.616. The maximum Gasteiger partial charge on any atom is 0.191 e. The van der Waals surface area contributed by atoms with Gasteiger partial charge in [0.25, 0.3) is 0 Å². The van der Waals surface area contributed by atoms with Gasteiger partial charge in [0.2, 0.25) is 0 Å². The topological polar surface area (TPSA) is 58.5 Å². The van der Waals surface area contributed by atoms with E-state index in [9.17, 15) is 4.39 Å². The van der Waals surface area contributed by atoms with Crippen molar-refractivity contribution in [1.29, 1.82) is 0 Å². The number of guanidine groups is 1. The van der Waals surface area contributed by atoms with Crippen LogP contribution >= 0.6 is 0 Å². The van der Waals surface area contributed by atoms with Gasteiger partial charge in [0.1, 0.15) is 6.10 Å². The molecule has 0 spiro atoms. The Labute approximate surface area is 154 Å². The van der Waals surface area contributed by atoms with Crippen LogP contribution in [0.4, 0.5) is 4.39 Å². The highest BCUT2D eigenvalue weighted by Crippen LogP contribution is 2.16. The molecule has 0 radical (unpaired) electrons. The van der Waals surface area contributed by atoms with E-state index in [4.69, 9.17) is 4.74 Å². The molecule has 0 amide bonds. The molecule has 0 aliphatic carbocycles. The third-order valence-corrected chi connectivity index (χ3v) is 3.84. The normalized spacial score (nSPS) is 12.5. The fraction of sp³-hybridized carbons (Fsp3) is 0.400. The van der Waals surface area contributed by atoms with Crippen LogP contribution in [0.25, 0.3) is 0 Å². The zero-order valence-corrected chi connectivity index (χ0v) is 15.6. The Bertz CT molecular complexity index is 720. The first-order valence-electron chi connectivity index (χ1n) is 8.93. The lowest BCUT2D eigenvalue weighted by Gasteiger charge is -2.15. The standard InChI is InChI=1S/C20H27FN4O/c1-4-23-20(24-12-10-17-9-11-22-13-15(17)2)25-14-16(3)26-19-8-6-5-7-18(19)21/h5-9,11,13,16H,4,10,12,14H2,1-3H3,(H2,23,24,25). The molecule has 1 unspecified atom stereocenters.